The number of pyridine rings is 1. The Kier molecular flexibility index (Phi) is 3.23. The first-order valence-electron chi connectivity index (χ1n) is 5.36. The summed E-state index contributed by atoms with van der Waals surface area (Å²) in [6.07, 6.45) is 1.50. The third-order valence-electron chi connectivity index (χ3n) is 2.38. The fourth-order valence-electron chi connectivity index (χ4n) is 1.65. The molecule has 18 heavy (non-hydrogen) atoms. The van der Waals surface area contributed by atoms with Gasteiger partial charge in [0.1, 0.15) is 11.6 Å². The maximum atomic E-state index is 13.2. The van der Waals surface area contributed by atoms with Crippen molar-refractivity contribution in [2.24, 2.45) is 0 Å². The first kappa shape index (κ1) is 12.0. The number of nitrogen functional groups attached to an aromatic ring is 1. The molecular formula is C13H12FN3O. The molecule has 0 unspecified atom stereocenters. The lowest BCUT2D eigenvalue weighted by molar-refractivity contribution is -0.115. The summed E-state index contributed by atoms with van der Waals surface area (Å²) >= 11 is 0. The van der Waals surface area contributed by atoms with Crippen molar-refractivity contribution < 1.29 is 9.18 Å². The number of hydrogen-bond acceptors (Lipinski definition) is 3. The normalized spacial score (nSPS) is 10.1. The Morgan fingerprint density at radius 2 is 2.11 bits per heavy atom. The van der Waals surface area contributed by atoms with E-state index in [2.05, 4.69) is 4.98 Å². The molecule has 0 atom stereocenters. The molecule has 1 heterocycles. The van der Waals surface area contributed by atoms with Crippen LogP contribution in [0.3, 0.4) is 0 Å². The lowest BCUT2D eigenvalue weighted by Crippen LogP contribution is -2.23. The van der Waals surface area contributed by atoms with E-state index in [0.717, 1.165) is 0 Å². The van der Waals surface area contributed by atoms with Gasteiger partial charge in [-0.15, -0.1) is 0 Å². The van der Waals surface area contributed by atoms with Crippen LogP contribution in [-0.4, -0.2) is 10.9 Å². The predicted octanol–water partition coefficient (Wildman–Crippen LogP) is 2.49. The third-order valence-corrected chi connectivity index (χ3v) is 2.38. The van der Waals surface area contributed by atoms with Gasteiger partial charge in [-0.3, -0.25) is 9.69 Å². The van der Waals surface area contributed by atoms with Crippen molar-refractivity contribution in [1.82, 2.24) is 4.98 Å². The summed E-state index contributed by atoms with van der Waals surface area (Å²) in [6.45, 7) is 1.38. The monoisotopic (exact) mass is 245 g/mol. The van der Waals surface area contributed by atoms with Crippen molar-refractivity contribution in [2.75, 3.05) is 10.6 Å². The number of nitrogens with zero attached hydrogens (tertiary/aromatic N) is 2. The lowest BCUT2D eigenvalue weighted by Gasteiger charge is -2.20. The molecule has 4 nitrogen and oxygen atoms in total. The number of carbonyl (C=O) groups excluding carboxylic acids is 1. The average molecular weight is 245 g/mol. The molecule has 2 N–H and O–H groups in total. The van der Waals surface area contributed by atoms with Gasteiger partial charge in [0.2, 0.25) is 5.91 Å². The molecule has 0 aliphatic carbocycles. The Balaban J connectivity index is 2.50. The van der Waals surface area contributed by atoms with Gasteiger partial charge in [0.15, 0.2) is 0 Å². The molecule has 2 aromatic rings. The Morgan fingerprint density at radius 3 is 2.72 bits per heavy atom. The van der Waals surface area contributed by atoms with Gasteiger partial charge in [0.05, 0.1) is 5.69 Å². The molecule has 92 valence electrons. The van der Waals surface area contributed by atoms with Crippen molar-refractivity contribution in [3.8, 4) is 0 Å². The van der Waals surface area contributed by atoms with Gasteiger partial charge < -0.3 is 5.73 Å². The second kappa shape index (κ2) is 4.83. The van der Waals surface area contributed by atoms with Crippen molar-refractivity contribution in [3.63, 3.8) is 0 Å². The average Bonchev–Trinajstić information content (AvgIpc) is 2.28. The number of carbonyl (C=O) groups is 1. The Bertz CT molecular complexity index is 540. The summed E-state index contributed by atoms with van der Waals surface area (Å²) in [5.74, 6) is -0.311. The van der Waals surface area contributed by atoms with Crippen LogP contribution in [0.4, 0.5) is 21.6 Å². The van der Waals surface area contributed by atoms with Gasteiger partial charge in [-0.25, -0.2) is 9.37 Å². The number of rotatable bonds is 2. The topological polar surface area (TPSA) is 59.2 Å². The van der Waals surface area contributed by atoms with Crippen molar-refractivity contribution >= 4 is 23.1 Å². The summed E-state index contributed by atoms with van der Waals surface area (Å²) < 4.78 is 13.2. The zero-order valence-corrected chi connectivity index (χ0v) is 9.80. The molecular weight excluding hydrogens is 233 g/mol. The molecule has 0 saturated heterocycles. The second-order valence-electron chi connectivity index (χ2n) is 3.78. The molecule has 0 fully saturated rings. The van der Waals surface area contributed by atoms with Gasteiger partial charge in [-0.05, 0) is 24.3 Å². The van der Waals surface area contributed by atoms with Crippen LogP contribution >= 0.6 is 0 Å². The van der Waals surface area contributed by atoms with Gasteiger partial charge in [-0.2, -0.15) is 0 Å². The molecule has 0 bridgehead atoms. The molecule has 2 rings (SSSR count). The maximum absolute atomic E-state index is 13.2. The van der Waals surface area contributed by atoms with E-state index < -0.39 is 5.82 Å². The maximum Gasteiger partial charge on any atom is 0.229 e. The quantitative estimate of drug-likeness (QED) is 0.884. The van der Waals surface area contributed by atoms with Crippen molar-refractivity contribution in [2.45, 2.75) is 6.92 Å². The molecule has 1 aromatic heterocycles. The minimum Gasteiger partial charge on any atom is -0.399 e. The highest BCUT2D eigenvalue weighted by Crippen LogP contribution is 2.25. The number of anilines is 3. The van der Waals surface area contributed by atoms with E-state index in [9.17, 15) is 9.18 Å². The molecule has 0 radical (unpaired) electrons. The van der Waals surface area contributed by atoms with Gasteiger partial charge in [-0.1, -0.05) is 6.07 Å². The first-order valence-corrected chi connectivity index (χ1v) is 5.36. The number of aromatic nitrogens is 1. The first-order chi connectivity index (χ1) is 8.58. The smallest absolute Gasteiger partial charge is 0.229 e. The summed E-state index contributed by atoms with van der Waals surface area (Å²) in [5.41, 5.74) is 6.56. The number of amides is 1. The molecule has 5 heteroatoms. The van der Waals surface area contributed by atoms with E-state index in [1.54, 1.807) is 18.2 Å². The van der Waals surface area contributed by atoms with Crippen molar-refractivity contribution in [3.05, 3.63) is 48.4 Å². The van der Waals surface area contributed by atoms with Gasteiger partial charge >= 0.3 is 0 Å². The summed E-state index contributed by atoms with van der Waals surface area (Å²) in [6, 6.07) is 8.93. The predicted molar refractivity (Wildman–Crippen MR) is 67.9 cm³/mol. The van der Waals surface area contributed by atoms with E-state index in [-0.39, 0.29) is 5.91 Å². The highest BCUT2D eigenvalue weighted by molar-refractivity contribution is 5.98. The van der Waals surface area contributed by atoms with E-state index in [1.807, 2.05) is 0 Å². The van der Waals surface area contributed by atoms with Gasteiger partial charge in [0, 0.05) is 24.9 Å². The van der Waals surface area contributed by atoms with Crippen LogP contribution in [0.1, 0.15) is 6.92 Å². The van der Waals surface area contributed by atoms with E-state index in [0.29, 0.717) is 17.2 Å². The highest BCUT2D eigenvalue weighted by atomic mass is 19.1. The van der Waals surface area contributed by atoms with Crippen LogP contribution in [0.5, 0.6) is 0 Å². The van der Waals surface area contributed by atoms with E-state index in [1.165, 1.54) is 36.2 Å². The van der Waals surface area contributed by atoms with Crippen molar-refractivity contribution in [1.29, 1.82) is 0 Å². The zero-order chi connectivity index (χ0) is 13.1. The Hall–Kier alpha value is -2.43. The third kappa shape index (κ3) is 2.45. The standard InChI is InChI=1S/C13H12FN3O/c1-9(18)17(12-4-2-3-10(14)7-12)13-8-11(15)5-6-16-13/h2-8H,1H3,(H2,15,16). The molecule has 0 aliphatic heterocycles. The summed E-state index contributed by atoms with van der Waals surface area (Å²) in [5, 5.41) is 0. The van der Waals surface area contributed by atoms with Crippen LogP contribution in [0.25, 0.3) is 0 Å². The molecule has 0 aliphatic rings. The number of hydrogen-bond donors (Lipinski definition) is 1. The molecule has 0 saturated carbocycles. The fraction of sp³-hybridized carbons (Fsp3) is 0.0769. The highest BCUT2D eigenvalue weighted by Gasteiger charge is 2.15. The van der Waals surface area contributed by atoms with Crippen LogP contribution < -0.4 is 10.6 Å². The van der Waals surface area contributed by atoms with Crippen LogP contribution in [-0.2, 0) is 4.79 Å². The lowest BCUT2D eigenvalue weighted by atomic mass is 10.2. The summed E-state index contributed by atoms with van der Waals surface area (Å²) in [7, 11) is 0. The van der Waals surface area contributed by atoms with Crippen LogP contribution in [0, 0.1) is 5.82 Å². The van der Waals surface area contributed by atoms with Crippen LogP contribution in [0.2, 0.25) is 0 Å². The zero-order valence-electron chi connectivity index (χ0n) is 9.80. The molecule has 0 spiro atoms. The minimum absolute atomic E-state index is 0.265. The van der Waals surface area contributed by atoms with E-state index >= 15 is 0 Å². The van der Waals surface area contributed by atoms with Gasteiger partial charge in [0.25, 0.3) is 0 Å². The minimum atomic E-state index is -0.414. The SMILES string of the molecule is CC(=O)N(c1cccc(F)c1)c1cc(N)ccn1. The van der Waals surface area contributed by atoms with E-state index in [4.69, 9.17) is 5.73 Å². The fourth-order valence-corrected chi connectivity index (χ4v) is 1.65. The summed E-state index contributed by atoms with van der Waals surface area (Å²) in [4.78, 5) is 17.1. The largest absolute Gasteiger partial charge is 0.399 e. The molecule has 1 aromatic carbocycles. The Morgan fingerprint density at radius 1 is 1.33 bits per heavy atom. The number of nitrogens with two attached hydrogens (primary N) is 1. The van der Waals surface area contributed by atoms with Crippen LogP contribution in [0.15, 0.2) is 42.6 Å². The number of benzene rings is 1. The molecule has 1 amide bonds. The second-order valence-corrected chi connectivity index (χ2v) is 3.78. The number of halogens is 1. The Labute approximate surface area is 104 Å².